The monoisotopic (exact) mass is 452 g/mol. The molecule has 1 aliphatic rings. The van der Waals surface area contributed by atoms with Gasteiger partial charge >= 0.3 is 0 Å². The number of sulfone groups is 1. The van der Waals surface area contributed by atoms with E-state index in [1.54, 1.807) is 24.0 Å². The molecule has 0 bridgehead atoms. The molecule has 0 saturated carbocycles. The van der Waals surface area contributed by atoms with Gasteiger partial charge in [0.05, 0.1) is 15.7 Å². The molecule has 1 aliphatic heterocycles. The van der Waals surface area contributed by atoms with Crippen LogP contribution in [0.4, 0.5) is 15.8 Å². The summed E-state index contributed by atoms with van der Waals surface area (Å²) in [5.74, 6) is -1.51. The minimum absolute atomic E-state index is 0.00516. The van der Waals surface area contributed by atoms with E-state index in [9.17, 15) is 22.4 Å². The maximum Gasteiger partial charge on any atom is 0.226 e. The number of fused-ring (bicyclic) bond motifs is 1. The van der Waals surface area contributed by atoms with Crippen LogP contribution in [0.3, 0.4) is 0 Å². The van der Waals surface area contributed by atoms with Crippen LogP contribution in [-0.2, 0) is 25.8 Å². The lowest BCUT2D eigenvalue weighted by Gasteiger charge is -2.22. The van der Waals surface area contributed by atoms with E-state index in [1.165, 1.54) is 18.2 Å². The highest BCUT2D eigenvalue weighted by atomic mass is 35.5. The summed E-state index contributed by atoms with van der Waals surface area (Å²) in [6.45, 7) is 3.71. The largest absolute Gasteiger partial charge is 0.326 e. The van der Waals surface area contributed by atoms with Crippen LogP contribution in [-0.4, -0.2) is 32.0 Å². The lowest BCUT2D eigenvalue weighted by atomic mass is 10.1. The van der Waals surface area contributed by atoms with Gasteiger partial charge in [0.2, 0.25) is 11.8 Å². The van der Waals surface area contributed by atoms with Crippen molar-refractivity contribution in [2.75, 3.05) is 16.0 Å². The van der Waals surface area contributed by atoms with E-state index in [4.69, 9.17) is 11.6 Å². The van der Waals surface area contributed by atoms with Crippen molar-refractivity contribution in [2.45, 2.75) is 44.0 Å². The molecule has 9 heteroatoms. The minimum Gasteiger partial charge on any atom is -0.326 e. The zero-order valence-corrected chi connectivity index (χ0v) is 18.2. The molecule has 0 radical (unpaired) electrons. The normalized spacial score (nSPS) is 15.7. The molecule has 0 unspecified atom stereocenters. The summed E-state index contributed by atoms with van der Waals surface area (Å²) in [5, 5.41) is 2.37. The summed E-state index contributed by atoms with van der Waals surface area (Å²) in [4.78, 5) is 26.1. The van der Waals surface area contributed by atoms with E-state index < -0.39 is 21.6 Å². The zero-order chi connectivity index (χ0) is 22.1. The Morgan fingerprint density at radius 2 is 1.97 bits per heavy atom. The summed E-state index contributed by atoms with van der Waals surface area (Å²) in [6, 6.07) is 8.40. The van der Waals surface area contributed by atoms with Crippen molar-refractivity contribution in [1.82, 2.24) is 0 Å². The van der Waals surface area contributed by atoms with Gasteiger partial charge in [-0.05, 0) is 55.3 Å². The first-order chi connectivity index (χ1) is 14.1. The molecule has 1 N–H and O–H groups in total. The van der Waals surface area contributed by atoms with Crippen molar-refractivity contribution in [2.24, 2.45) is 0 Å². The van der Waals surface area contributed by atoms with E-state index in [0.717, 1.165) is 17.3 Å². The number of nitrogens with one attached hydrogen (secondary N) is 1. The molecule has 0 saturated heterocycles. The number of amides is 2. The van der Waals surface area contributed by atoms with Crippen LogP contribution >= 0.6 is 11.6 Å². The van der Waals surface area contributed by atoms with Gasteiger partial charge in [0.25, 0.3) is 0 Å². The van der Waals surface area contributed by atoms with Crippen LogP contribution in [0.15, 0.2) is 41.3 Å². The standard InChI is InChI=1S/C21H22ClFN2O4S/c1-3-21(27)25-13(2)10-14-11-16(5-7-19(14)25)30(28,29)9-8-20(26)24-15-4-6-18(23)17(22)12-15/h4-7,11-13H,3,8-10H2,1-2H3,(H,24,26)/t13-/m0/s1. The Bertz CT molecular complexity index is 1100. The van der Waals surface area contributed by atoms with Gasteiger partial charge in [-0.25, -0.2) is 12.8 Å². The number of benzene rings is 2. The molecule has 0 aliphatic carbocycles. The number of anilines is 2. The summed E-state index contributed by atoms with van der Waals surface area (Å²) >= 11 is 5.68. The van der Waals surface area contributed by atoms with Gasteiger partial charge in [-0.15, -0.1) is 0 Å². The summed E-state index contributed by atoms with van der Waals surface area (Å²) < 4.78 is 38.6. The summed E-state index contributed by atoms with van der Waals surface area (Å²) in [5.41, 5.74) is 1.83. The molecule has 0 fully saturated rings. The molecular formula is C21H22ClFN2O4S. The number of halogens is 2. The Hall–Kier alpha value is -2.45. The van der Waals surface area contributed by atoms with Crippen molar-refractivity contribution in [1.29, 1.82) is 0 Å². The number of hydrogen-bond acceptors (Lipinski definition) is 4. The number of carbonyl (C=O) groups excluding carboxylic acids is 2. The molecule has 2 aromatic rings. The third kappa shape index (κ3) is 4.65. The highest BCUT2D eigenvalue weighted by molar-refractivity contribution is 7.91. The molecule has 2 amide bonds. The molecule has 160 valence electrons. The Labute approximate surface area is 179 Å². The second-order valence-corrected chi connectivity index (χ2v) is 9.72. The molecule has 6 nitrogen and oxygen atoms in total. The van der Waals surface area contributed by atoms with Gasteiger partial charge < -0.3 is 10.2 Å². The van der Waals surface area contributed by atoms with Gasteiger partial charge in [0.15, 0.2) is 9.84 Å². The number of rotatable bonds is 6. The number of nitrogens with zero attached hydrogens (tertiary/aromatic N) is 1. The topological polar surface area (TPSA) is 83.6 Å². The van der Waals surface area contributed by atoms with Crippen LogP contribution in [0.1, 0.15) is 32.3 Å². The summed E-state index contributed by atoms with van der Waals surface area (Å²) in [6.07, 6.45) is 0.694. The Morgan fingerprint density at radius 3 is 2.63 bits per heavy atom. The molecule has 1 heterocycles. The van der Waals surface area contributed by atoms with E-state index >= 15 is 0 Å². The Balaban J connectivity index is 1.69. The van der Waals surface area contributed by atoms with Gasteiger partial charge in [-0.3, -0.25) is 9.59 Å². The predicted octanol–water partition coefficient (Wildman–Crippen LogP) is 3.97. The van der Waals surface area contributed by atoms with Crippen molar-refractivity contribution in [3.05, 3.63) is 52.8 Å². The molecular weight excluding hydrogens is 431 g/mol. The molecule has 0 spiro atoms. The average Bonchev–Trinajstić information content (AvgIpc) is 3.03. The highest BCUT2D eigenvalue weighted by Gasteiger charge is 2.31. The minimum atomic E-state index is -3.70. The number of carbonyl (C=O) groups is 2. The van der Waals surface area contributed by atoms with Gasteiger partial charge in [0, 0.05) is 30.3 Å². The second-order valence-electron chi connectivity index (χ2n) is 7.21. The molecule has 3 rings (SSSR count). The second kappa shape index (κ2) is 8.73. The summed E-state index contributed by atoms with van der Waals surface area (Å²) in [7, 11) is -3.70. The maximum atomic E-state index is 13.2. The fourth-order valence-electron chi connectivity index (χ4n) is 3.49. The first-order valence-electron chi connectivity index (χ1n) is 9.55. The van der Waals surface area contributed by atoms with Crippen LogP contribution in [0.5, 0.6) is 0 Å². The van der Waals surface area contributed by atoms with Crippen molar-refractivity contribution in [3.8, 4) is 0 Å². The SMILES string of the molecule is CCC(=O)N1c2ccc(S(=O)(=O)CCC(=O)Nc3ccc(F)c(Cl)c3)cc2C[C@@H]1C. The van der Waals surface area contributed by atoms with E-state index in [2.05, 4.69) is 5.32 Å². The zero-order valence-electron chi connectivity index (χ0n) is 16.6. The number of hydrogen-bond donors (Lipinski definition) is 1. The van der Waals surface area contributed by atoms with E-state index in [-0.39, 0.29) is 39.7 Å². The highest BCUT2D eigenvalue weighted by Crippen LogP contribution is 2.34. The van der Waals surface area contributed by atoms with Gasteiger partial charge in [-0.2, -0.15) is 0 Å². The lowest BCUT2D eigenvalue weighted by molar-refractivity contribution is -0.118. The van der Waals surface area contributed by atoms with Gasteiger partial charge in [-0.1, -0.05) is 18.5 Å². The average molecular weight is 453 g/mol. The van der Waals surface area contributed by atoms with Crippen LogP contribution in [0.25, 0.3) is 0 Å². The third-order valence-electron chi connectivity index (χ3n) is 5.00. The fourth-order valence-corrected chi connectivity index (χ4v) is 4.96. The van der Waals surface area contributed by atoms with Crippen LogP contribution < -0.4 is 10.2 Å². The molecule has 30 heavy (non-hydrogen) atoms. The van der Waals surface area contributed by atoms with Crippen LogP contribution in [0.2, 0.25) is 5.02 Å². The van der Waals surface area contributed by atoms with Crippen molar-refractivity contribution < 1.29 is 22.4 Å². The molecule has 2 aromatic carbocycles. The Kier molecular flexibility index (Phi) is 6.47. The third-order valence-corrected chi connectivity index (χ3v) is 7.00. The first-order valence-corrected chi connectivity index (χ1v) is 11.6. The van der Waals surface area contributed by atoms with Gasteiger partial charge in [0.1, 0.15) is 5.82 Å². The van der Waals surface area contributed by atoms with E-state index in [1.807, 2.05) is 6.92 Å². The molecule has 0 aromatic heterocycles. The van der Waals surface area contributed by atoms with Crippen molar-refractivity contribution in [3.63, 3.8) is 0 Å². The van der Waals surface area contributed by atoms with Crippen LogP contribution in [0, 0.1) is 5.82 Å². The fraction of sp³-hybridized carbons (Fsp3) is 0.333. The van der Waals surface area contributed by atoms with Crippen molar-refractivity contribution >= 4 is 44.6 Å². The van der Waals surface area contributed by atoms with E-state index in [0.29, 0.717) is 12.8 Å². The first kappa shape index (κ1) is 22.2. The molecule has 1 atom stereocenters. The predicted molar refractivity (Wildman–Crippen MR) is 114 cm³/mol. The lowest BCUT2D eigenvalue weighted by Crippen LogP contribution is -2.35. The Morgan fingerprint density at radius 1 is 1.23 bits per heavy atom. The smallest absolute Gasteiger partial charge is 0.226 e. The maximum absolute atomic E-state index is 13.2. The quantitative estimate of drug-likeness (QED) is 0.718.